The van der Waals surface area contributed by atoms with Crippen LogP contribution >= 0.6 is 11.9 Å². The number of nitrogens with one attached hydrogen (secondary N) is 2. The van der Waals surface area contributed by atoms with E-state index >= 15 is 0 Å². The highest BCUT2D eigenvalue weighted by atomic mass is 32.2. The molecule has 0 spiro atoms. The average molecular weight is 553 g/mol. The zero-order chi connectivity index (χ0) is 27.8. The van der Waals surface area contributed by atoms with E-state index in [0.717, 1.165) is 53.4 Å². The van der Waals surface area contributed by atoms with Crippen molar-refractivity contribution in [2.24, 2.45) is 46.3 Å². The van der Waals surface area contributed by atoms with Crippen molar-refractivity contribution in [2.45, 2.75) is 129 Å². The van der Waals surface area contributed by atoms with Gasteiger partial charge in [-0.25, -0.2) is 4.79 Å². The minimum atomic E-state index is -0.0704. The molecule has 3 nitrogen and oxygen atoms in total. The van der Waals surface area contributed by atoms with Crippen molar-refractivity contribution < 1.29 is 4.79 Å². The standard InChI is InChI=1S/C35H56N2OS/c1-7-24-23-28-30-18-15-26(34(30,5)21-19-31(28)35(6)20-9-8-12-29(24)35)11-10-22-36-32(38)37-39-27-16-13-25(14-17-27)33(2,3)4/h13-14,16-17,24,26,28-31H,7-12,15,18-23H2,1-6H3,(H2,36,37,38)/t24-,26-,28?,29?,30?,31-,34?,35?/m0/s1. The third kappa shape index (κ3) is 5.80. The van der Waals surface area contributed by atoms with Crippen LogP contribution in [0.15, 0.2) is 29.2 Å². The third-order valence-corrected chi connectivity index (χ3v) is 13.3. The molecule has 5 unspecified atom stereocenters. The van der Waals surface area contributed by atoms with Gasteiger partial charge >= 0.3 is 6.03 Å². The molecule has 8 atom stereocenters. The van der Waals surface area contributed by atoms with Crippen LogP contribution in [-0.4, -0.2) is 12.6 Å². The molecule has 1 aromatic rings. The van der Waals surface area contributed by atoms with Gasteiger partial charge in [0.05, 0.1) is 0 Å². The maximum atomic E-state index is 12.4. The normalized spacial score (nSPS) is 37.9. The number of carbonyl (C=O) groups is 1. The Hall–Kier alpha value is -1.16. The first-order valence-corrected chi connectivity index (χ1v) is 17.2. The van der Waals surface area contributed by atoms with Gasteiger partial charge in [-0.2, -0.15) is 0 Å². The van der Waals surface area contributed by atoms with E-state index in [1.807, 2.05) is 0 Å². The van der Waals surface area contributed by atoms with Gasteiger partial charge in [-0.3, -0.25) is 4.72 Å². The fourth-order valence-corrected chi connectivity index (χ4v) is 10.9. The van der Waals surface area contributed by atoms with E-state index in [1.54, 1.807) is 0 Å². The molecule has 0 radical (unpaired) electrons. The van der Waals surface area contributed by atoms with Crippen molar-refractivity contribution in [3.05, 3.63) is 29.8 Å². The highest BCUT2D eigenvalue weighted by Gasteiger charge is 2.60. The van der Waals surface area contributed by atoms with Crippen molar-refractivity contribution >= 4 is 18.0 Å². The van der Waals surface area contributed by atoms with Crippen LogP contribution in [0.3, 0.4) is 0 Å². The highest BCUT2D eigenvalue weighted by Crippen LogP contribution is 2.69. The lowest BCUT2D eigenvalue weighted by molar-refractivity contribution is -0.135. The van der Waals surface area contributed by atoms with Gasteiger partial charge in [-0.15, -0.1) is 0 Å². The molecule has 0 heterocycles. The van der Waals surface area contributed by atoms with E-state index < -0.39 is 0 Å². The molecule has 1 aromatic carbocycles. The monoisotopic (exact) mass is 552 g/mol. The second-order valence-corrected chi connectivity index (χ2v) is 16.2. The first-order valence-electron chi connectivity index (χ1n) is 16.4. The molecule has 5 rings (SSSR count). The van der Waals surface area contributed by atoms with Gasteiger partial charge < -0.3 is 5.32 Å². The van der Waals surface area contributed by atoms with Crippen molar-refractivity contribution in [1.82, 2.24) is 10.0 Å². The Bertz CT molecular complexity index is 985. The summed E-state index contributed by atoms with van der Waals surface area (Å²) < 4.78 is 2.97. The van der Waals surface area contributed by atoms with Crippen LogP contribution in [0.5, 0.6) is 0 Å². The number of benzene rings is 1. The maximum Gasteiger partial charge on any atom is 0.325 e. The van der Waals surface area contributed by atoms with Crippen LogP contribution in [0.2, 0.25) is 0 Å². The van der Waals surface area contributed by atoms with E-state index in [9.17, 15) is 4.79 Å². The minimum absolute atomic E-state index is 0.0704. The van der Waals surface area contributed by atoms with Gasteiger partial charge in [-0.05, 0) is 139 Å². The Balaban J connectivity index is 1.09. The van der Waals surface area contributed by atoms with E-state index in [0.29, 0.717) is 10.8 Å². The van der Waals surface area contributed by atoms with Crippen molar-refractivity contribution in [2.75, 3.05) is 6.54 Å². The third-order valence-electron chi connectivity index (χ3n) is 12.5. The second kappa shape index (κ2) is 11.6. The molecule has 4 saturated carbocycles. The molecule has 2 amide bonds. The predicted molar refractivity (Wildman–Crippen MR) is 166 cm³/mol. The maximum absolute atomic E-state index is 12.4. The second-order valence-electron chi connectivity index (χ2n) is 15.3. The Kier molecular flexibility index (Phi) is 8.73. The smallest absolute Gasteiger partial charge is 0.325 e. The van der Waals surface area contributed by atoms with Crippen LogP contribution in [0.1, 0.15) is 124 Å². The zero-order valence-electron chi connectivity index (χ0n) is 25.8. The fourth-order valence-electron chi connectivity index (χ4n) is 10.3. The molecule has 4 fully saturated rings. The van der Waals surface area contributed by atoms with Gasteiger partial charge in [0.2, 0.25) is 0 Å². The minimum Gasteiger partial charge on any atom is -0.337 e. The van der Waals surface area contributed by atoms with Crippen LogP contribution in [0.25, 0.3) is 0 Å². The molecule has 0 bridgehead atoms. The van der Waals surface area contributed by atoms with E-state index in [2.05, 4.69) is 75.8 Å². The highest BCUT2D eigenvalue weighted by molar-refractivity contribution is 7.98. The predicted octanol–water partition coefficient (Wildman–Crippen LogP) is 9.76. The van der Waals surface area contributed by atoms with Gasteiger partial charge in [0.1, 0.15) is 0 Å². The summed E-state index contributed by atoms with van der Waals surface area (Å²) in [6, 6.07) is 8.45. The van der Waals surface area contributed by atoms with Crippen LogP contribution in [-0.2, 0) is 5.41 Å². The molecular formula is C35H56N2OS. The Labute approximate surface area is 244 Å². The van der Waals surface area contributed by atoms with Crippen molar-refractivity contribution in [1.29, 1.82) is 0 Å². The van der Waals surface area contributed by atoms with Crippen LogP contribution in [0, 0.1) is 46.3 Å². The summed E-state index contributed by atoms with van der Waals surface area (Å²) in [5.41, 5.74) is 2.60. The largest absolute Gasteiger partial charge is 0.337 e. The summed E-state index contributed by atoms with van der Waals surface area (Å²) in [5.74, 6) is 5.69. The molecule has 2 N–H and O–H groups in total. The summed E-state index contributed by atoms with van der Waals surface area (Å²) in [4.78, 5) is 13.5. The summed E-state index contributed by atoms with van der Waals surface area (Å²) in [6.07, 6.45) is 17.0. The summed E-state index contributed by atoms with van der Waals surface area (Å²) in [6.45, 7) is 15.3. The van der Waals surface area contributed by atoms with Gasteiger partial charge in [-0.1, -0.05) is 72.9 Å². The number of rotatable bonds is 7. The van der Waals surface area contributed by atoms with Gasteiger partial charge in [0.15, 0.2) is 0 Å². The first-order chi connectivity index (χ1) is 18.6. The Morgan fingerprint density at radius 2 is 1.69 bits per heavy atom. The van der Waals surface area contributed by atoms with E-state index in [1.165, 1.54) is 88.1 Å². The number of urea groups is 1. The van der Waals surface area contributed by atoms with Gasteiger partial charge in [0, 0.05) is 11.4 Å². The van der Waals surface area contributed by atoms with Crippen molar-refractivity contribution in [3.8, 4) is 0 Å². The number of hydrogen-bond donors (Lipinski definition) is 2. The van der Waals surface area contributed by atoms with Crippen LogP contribution in [0.4, 0.5) is 4.79 Å². The number of fused-ring (bicyclic) bond motifs is 5. The quantitative estimate of drug-likeness (QED) is 0.261. The topological polar surface area (TPSA) is 41.1 Å². The van der Waals surface area contributed by atoms with Crippen molar-refractivity contribution in [3.63, 3.8) is 0 Å². The lowest BCUT2D eigenvalue weighted by Crippen LogP contribution is -2.55. The van der Waals surface area contributed by atoms with Crippen LogP contribution < -0.4 is 10.0 Å². The lowest BCUT2D eigenvalue weighted by atomic mass is 9.42. The molecule has 4 heteroatoms. The molecule has 0 aromatic heterocycles. The first kappa shape index (κ1) is 29.3. The average Bonchev–Trinajstić information content (AvgIpc) is 3.25. The Morgan fingerprint density at radius 3 is 2.41 bits per heavy atom. The summed E-state index contributed by atoms with van der Waals surface area (Å²) >= 11 is 1.40. The number of amides is 2. The number of carbonyl (C=O) groups excluding carboxylic acids is 1. The molecule has 218 valence electrons. The fraction of sp³-hybridized carbons (Fsp3) is 0.800. The molecule has 0 saturated heterocycles. The molecule has 4 aliphatic rings. The molecule has 39 heavy (non-hydrogen) atoms. The SMILES string of the molecule is CC[C@H]1CC2C3CC[C@H](CCCNC(=O)NSc4ccc(C(C)(C)C)cc4)C3(C)CC[C@@H]2C2(C)CCCCC12. The lowest BCUT2D eigenvalue weighted by Gasteiger charge is -2.62. The molecule has 0 aliphatic heterocycles. The molecular weight excluding hydrogens is 496 g/mol. The van der Waals surface area contributed by atoms with Gasteiger partial charge in [0.25, 0.3) is 0 Å². The summed E-state index contributed by atoms with van der Waals surface area (Å²) in [7, 11) is 0. The molecule has 4 aliphatic carbocycles. The Morgan fingerprint density at radius 1 is 0.949 bits per heavy atom. The van der Waals surface area contributed by atoms with E-state index in [4.69, 9.17) is 0 Å². The zero-order valence-corrected chi connectivity index (χ0v) is 26.6. The van der Waals surface area contributed by atoms with E-state index in [-0.39, 0.29) is 11.4 Å². The summed E-state index contributed by atoms with van der Waals surface area (Å²) in [5, 5.41) is 3.12. The number of hydrogen-bond acceptors (Lipinski definition) is 2.